The third-order valence-corrected chi connectivity index (χ3v) is 3.72. The molecule has 0 aromatic rings. The number of rotatable bonds is 1. The van der Waals surface area contributed by atoms with Crippen LogP contribution in [0.5, 0.6) is 0 Å². The molecule has 0 aromatic carbocycles. The molecule has 3 atom stereocenters. The molecule has 2 aliphatic heterocycles. The van der Waals surface area contributed by atoms with Crippen LogP contribution in [-0.2, 0) is 0 Å². The van der Waals surface area contributed by atoms with Crippen molar-refractivity contribution in [1.82, 2.24) is 20.4 Å². The highest BCUT2D eigenvalue weighted by atomic mass is 35.5. The van der Waals surface area contributed by atoms with Gasteiger partial charge in [-0.05, 0) is 6.92 Å². The largest absolute Gasteiger partial charge is 0.460 e. The van der Waals surface area contributed by atoms with E-state index in [-0.39, 0.29) is 25.3 Å². The van der Waals surface area contributed by atoms with Gasteiger partial charge in [0, 0.05) is 38.8 Å². The minimum absolute atomic E-state index is 0.0724. The number of piperazine rings is 2. The Bertz CT molecular complexity index is 289. The van der Waals surface area contributed by atoms with Crippen LogP contribution in [0.1, 0.15) is 6.92 Å². The highest BCUT2D eigenvalue weighted by Crippen LogP contribution is 2.25. The molecule has 0 bridgehead atoms. The predicted octanol–water partition coefficient (Wildman–Crippen LogP) is 0.596. The van der Waals surface area contributed by atoms with Crippen molar-refractivity contribution in [2.45, 2.75) is 30.9 Å². The van der Waals surface area contributed by atoms with Gasteiger partial charge in [0.05, 0.1) is 11.7 Å². The van der Waals surface area contributed by atoms with Crippen molar-refractivity contribution >= 4 is 11.6 Å². The van der Waals surface area contributed by atoms with Gasteiger partial charge < -0.3 is 5.32 Å². The summed E-state index contributed by atoms with van der Waals surface area (Å²) in [6, 6.07) is 0.202. The second-order valence-corrected chi connectivity index (χ2v) is 5.34. The molecule has 4 nitrogen and oxygen atoms in total. The lowest BCUT2D eigenvalue weighted by molar-refractivity contribution is -0.256. The van der Waals surface area contributed by atoms with Crippen LogP contribution < -0.4 is 10.6 Å². The fraction of sp³-hybridized carbons (Fsp3) is 1.00. The van der Waals surface area contributed by atoms with Crippen LogP contribution in [0.15, 0.2) is 0 Å². The van der Waals surface area contributed by atoms with Crippen LogP contribution in [-0.4, -0.2) is 66.5 Å². The zero-order valence-corrected chi connectivity index (χ0v) is 10.9. The predicted molar refractivity (Wildman–Crippen MR) is 63.2 cm³/mol. The average Bonchev–Trinajstić information content (AvgIpc) is 2.27. The van der Waals surface area contributed by atoms with Crippen molar-refractivity contribution in [2.24, 2.45) is 0 Å². The second-order valence-electron chi connectivity index (χ2n) is 4.81. The van der Waals surface area contributed by atoms with Gasteiger partial charge in [0.25, 0.3) is 0 Å². The van der Waals surface area contributed by atoms with Crippen LogP contribution in [0, 0.1) is 0 Å². The van der Waals surface area contributed by atoms with Gasteiger partial charge >= 0.3 is 6.30 Å². The summed E-state index contributed by atoms with van der Waals surface area (Å²) in [5.41, 5.74) is -0.674. The number of hydrogen-bond acceptors (Lipinski definition) is 4. The first-order chi connectivity index (χ1) is 8.38. The summed E-state index contributed by atoms with van der Waals surface area (Å²) in [6.45, 7) is 4.04. The van der Waals surface area contributed by atoms with Crippen molar-refractivity contribution in [1.29, 1.82) is 0 Å². The molecule has 2 fully saturated rings. The van der Waals surface area contributed by atoms with Gasteiger partial charge in [-0.15, -0.1) is 11.6 Å². The van der Waals surface area contributed by atoms with Crippen molar-refractivity contribution in [3.63, 3.8) is 0 Å². The molecule has 18 heavy (non-hydrogen) atoms. The van der Waals surface area contributed by atoms with E-state index in [4.69, 9.17) is 11.6 Å². The lowest BCUT2D eigenvalue weighted by Crippen LogP contribution is -2.67. The summed E-state index contributed by atoms with van der Waals surface area (Å²) >= 11 is 5.88. The molecule has 0 aliphatic carbocycles. The Morgan fingerprint density at radius 3 is 2.61 bits per heavy atom. The van der Waals surface area contributed by atoms with E-state index in [0.717, 1.165) is 19.6 Å². The first kappa shape index (κ1) is 14.3. The van der Waals surface area contributed by atoms with E-state index in [1.807, 2.05) is 11.8 Å². The topological polar surface area (TPSA) is 30.5 Å². The fourth-order valence-corrected chi connectivity index (χ4v) is 2.83. The summed E-state index contributed by atoms with van der Waals surface area (Å²) < 4.78 is 38.3. The number of nitrogens with one attached hydrogen (secondary N) is 2. The molecule has 0 saturated carbocycles. The van der Waals surface area contributed by atoms with Gasteiger partial charge in [-0.2, -0.15) is 13.2 Å². The highest BCUT2D eigenvalue weighted by molar-refractivity contribution is 6.20. The quantitative estimate of drug-likeness (QED) is 0.546. The minimum Gasteiger partial charge on any atom is -0.314 e. The molecule has 2 rings (SSSR count). The highest BCUT2D eigenvalue weighted by Gasteiger charge is 2.44. The van der Waals surface area contributed by atoms with Gasteiger partial charge in [0.2, 0.25) is 0 Å². The SMILES string of the molecule is C[C@H]1CNCCN1C1CN(C(F)(F)F)CC(Cl)N1. The maximum absolute atomic E-state index is 12.8. The van der Waals surface area contributed by atoms with Crippen molar-refractivity contribution in [3.8, 4) is 0 Å². The Morgan fingerprint density at radius 1 is 1.28 bits per heavy atom. The summed E-state index contributed by atoms with van der Waals surface area (Å²) in [5, 5.41) is 6.26. The Balaban J connectivity index is 2.03. The average molecular weight is 287 g/mol. The molecule has 0 amide bonds. The van der Waals surface area contributed by atoms with E-state index < -0.39 is 11.8 Å². The van der Waals surface area contributed by atoms with E-state index in [1.165, 1.54) is 0 Å². The zero-order valence-electron chi connectivity index (χ0n) is 10.2. The summed E-state index contributed by atoms with van der Waals surface area (Å²) in [7, 11) is 0. The van der Waals surface area contributed by atoms with Gasteiger partial charge in [-0.1, -0.05) is 0 Å². The van der Waals surface area contributed by atoms with E-state index in [2.05, 4.69) is 10.6 Å². The second kappa shape index (κ2) is 5.50. The molecule has 8 heteroatoms. The Hall–Kier alpha value is -0.0800. The number of hydrogen-bond donors (Lipinski definition) is 2. The van der Waals surface area contributed by atoms with Crippen LogP contribution in [0.2, 0.25) is 0 Å². The zero-order chi connectivity index (χ0) is 13.3. The standard InChI is InChI=1S/C10H18ClF3N4/c1-7-4-15-2-3-18(7)9-6-17(10(12,13)14)5-8(11)16-9/h7-9,15-16H,2-6H2,1H3/t7-,8?,9?/m0/s1. The summed E-state index contributed by atoms with van der Waals surface area (Å²) in [4.78, 5) is 2.53. The molecule has 0 spiro atoms. The van der Waals surface area contributed by atoms with Crippen molar-refractivity contribution in [3.05, 3.63) is 0 Å². The molecule has 2 heterocycles. The van der Waals surface area contributed by atoms with E-state index in [0.29, 0.717) is 4.90 Å². The van der Waals surface area contributed by atoms with Crippen LogP contribution in [0.3, 0.4) is 0 Å². The monoisotopic (exact) mass is 286 g/mol. The number of halogens is 4. The number of nitrogens with zero attached hydrogens (tertiary/aromatic N) is 2. The minimum atomic E-state index is -4.31. The van der Waals surface area contributed by atoms with Gasteiger partial charge in [-0.3, -0.25) is 10.2 Å². The maximum Gasteiger partial charge on any atom is 0.460 e. The smallest absolute Gasteiger partial charge is 0.314 e. The Kier molecular flexibility index (Phi) is 4.38. The normalized spacial score (nSPS) is 36.8. The van der Waals surface area contributed by atoms with E-state index in [1.54, 1.807) is 0 Å². The molecule has 0 radical (unpaired) electrons. The van der Waals surface area contributed by atoms with E-state index >= 15 is 0 Å². The molecule has 106 valence electrons. The molecular weight excluding hydrogens is 269 g/mol. The fourth-order valence-electron chi connectivity index (χ4n) is 2.52. The van der Waals surface area contributed by atoms with Gasteiger partial charge in [0.15, 0.2) is 0 Å². The van der Waals surface area contributed by atoms with E-state index in [9.17, 15) is 13.2 Å². The molecular formula is C10H18ClF3N4. The lowest BCUT2D eigenvalue weighted by atomic mass is 10.1. The molecule has 2 aliphatic rings. The van der Waals surface area contributed by atoms with Crippen LogP contribution in [0.25, 0.3) is 0 Å². The van der Waals surface area contributed by atoms with Crippen molar-refractivity contribution < 1.29 is 13.2 Å². The molecule has 2 N–H and O–H groups in total. The number of alkyl halides is 4. The summed E-state index contributed by atoms with van der Waals surface area (Å²) in [6.07, 6.45) is -4.66. The first-order valence-electron chi connectivity index (χ1n) is 6.06. The van der Waals surface area contributed by atoms with Crippen LogP contribution >= 0.6 is 11.6 Å². The van der Waals surface area contributed by atoms with Gasteiger partial charge in [-0.25, -0.2) is 4.90 Å². The third-order valence-electron chi connectivity index (χ3n) is 3.46. The Labute approximate surface area is 109 Å². The maximum atomic E-state index is 12.8. The first-order valence-corrected chi connectivity index (χ1v) is 6.50. The van der Waals surface area contributed by atoms with Gasteiger partial charge in [0.1, 0.15) is 0 Å². The van der Waals surface area contributed by atoms with Crippen molar-refractivity contribution in [2.75, 3.05) is 32.7 Å². The summed E-state index contributed by atoms with van der Waals surface area (Å²) in [5.74, 6) is 0. The van der Waals surface area contributed by atoms with Crippen LogP contribution in [0.4, 0.5) is 13.2 Å². The molecule has 0 aromatic heterocycles. The Morgan fingerprint density at radius 2 is 2.00 bits per heavy atom. The molecule has 2 saturated heterocycles. The molecule has 2 unspecified atom stereocenters. The third kappa shape index (κ3) is 3.27. The lowest BCUT2D eigenvalue weighted by Gasteiger charge is -2.46.